The molecule has 0 saturated carbocycles. The SMILES string of the molecule is Cc1ccc(CCC(=O)Nc2ccc(S(=O)(=O)Nc3cc(Cl)ccc3C)cc2)cc1. The zero-order valence-corrected chi connectivity index (χ0v) is 18.3. The number of hydrogen-bond donors (Lipinski definition) is 2. The van der Waals surface area contributed by atoms with Crippen molar-refractivity contribution in [2.24, 2.45) is 0 Å². The molecule has 3 aromatic rings. The molecule has 156 valence electrons. The van der Waals surface area contributed by atoms with Gasteiger partial charge in [0.05, 0.1) is 10.6 Å². The zero-order valence-electron chi connectivity index (χ0n) is 16.8. The number of benzene rings is 3. The molecule has 7 heteroatoms. The highest BCUT2D eigenvalue weighted by atomic mass is 35.5. The molecule has 0 bridgehead atoms. The van der Waals surface area contributed by atoms with Crippen molar-refractivity contribution in [2.45, 2.75) is 31.6 Å². The van der Waals surface area contributed by atoms with Crippen LogP contribution in [0.4, 0.5) is 11.4 Å². The van der Waals surface area contributed by atoms with Gasteiger partial charge in [0.25, 0.3) is 10.0 Å². The Kier molecular flexibility index (Phi) is 6.80. The van der Waals surface area contributed by atoms with Gasteiger partial charge in [-0.1, -0.05) is 47.5 Å². The van der Waals surface area contributed by atoms with Gasteiger partial charge in [0.1, 0.15) is 0 Å². The predicted molar refractivity (Wildman–Crippen MR) is 122 cm³/mol. The summed E-state index contributed by atoms with van der Waals surface area (Å²) in [6, 6.07) is 19.1. The summed E-state index contributed by atoms with van der Waals surface area (Å²) in [4.78, 5) is 12.3. The second kappa shape index (κ2) is 9.32. The van der Waals surface area contributed by atoms with Crippen molar-refractivity contribution in [2.75, 3.05) is 10.0 Å². The molecule has 0 unspecified atom stereocenters. The number of hydrogen-bond acceptors (Lipinski definition) is 3. The standard InChI is InChI=1S/C23H23ClN2O3S/c1-16-3-6-18(7-4-16)8-14-23(27)25-20-10-12-21(13-11-20)30(28,29)26-22-15-19(24)9-5-17(22)2/h3-7,9-13,15,26H,8,14H2,1-2H3,(H,25,27). The van der Waals surface area contributed by atoms with Gasteiger partial charge in [-0.15, -0.1) is 0 Å². The molecule has 0 fully saturated rings. The maximum Gasteiger partial charge on any atom is 0.261 e. The van der Waals surface area contributed by atoms with E-state index < -0.39 is 10.0 Å². The van der Waals surface area contributed by atoms with E-state index in [2.05, 4.69) is 10.0 Å². The van der Waals surface area contributed by atoms with E-state index in [-0.39, 0.29) is 10.8 Å². The number of carbonyl (C=O) groups excluding carboxylic acids is 1. The van der Waals surface area contributed by atoms with Crippen molar-refractivity contribution in [1.82, 2.24) is 0 Å². The van der Waals surface area contributed by atoms with Crippen LogP contribution in [0.3, 0.4) is 0 Å². The maximum atomic E-state index is 12.6. The summed E-state index contributed by atoms with van der Waals surface area (Å²) >= 11 is 5.96. The number of halogens is 1. The first-order chi connectivity index (χ1) is 14.2. The lowest BCUT2D eigenvalue weighted by molar-refractivity contribution is -0.116. The van der Waals surface area contributed by atoms with Gasteiger partial charge in [0, 0.05) is 17.1 Å². The molecule has 0 radical (unpaired) electrons. The van der Waals surface area contributed by atoms with Crippen LogP contribution in [-0.4, -0.2) is 14.3 Å². The van der Waals surface area contributed by atoms with Gasteiger partial charge < -0.3 is 5.32 Å². The lowest BCUT2D eigenvalue weighted by atomic mass is 10.1. The highest BCUT2D eigenvalue weighted by Gasteiger charge is 2.16. The summed E-state index contributed by atoms with van der Waals surface area (Å²) in [6.45, 7) is 3.81. The van der Waals surface area contributed by atoms with E-state index in [1.54, 1.807) is 37.3 Å². The van der Waals surface area contributed by atoms with E-state index in [9.17, 15) is 13.2 Å². The molecule has 2 N–H and O–H groups in total. The van der Waals surface area contributed by atoms with Gasteiger partial charge in [-0.3, -0.25) is 9.52 Å². The average molecular weight is 443 g/mol. The van der Waals surface area contributed by atoms with E-state index in [0.29, 0.717) is 29.2 Å². The molecule has 0 heterocycles. The molecular formula is C23H23ClN2O3S. The smallest absolute Gasteiger partial charge is 0.261 e. The van der Waals surface area contributed by atoms with E-state index in [0.717, 1.165) is 11.1 Å². The molecule has 1 amide bonds. The van der Waals surface area contributed by atoms with E-state index in [4.69, 9.17) is 11.6 Å². The second-order valence-electron chi connectivity index (χ2n) is 7.12. The molecule has 3 aromatic carbocycles. The third-order valence-corrected chi connectivity index (χ3v) is 6.27. The summed E-state index contributed by atoms with van der Waals surface area (Å²) < 4.78 is 27.8. The third kappa shape index (κ3) is 5.84. The molecule has 0 aliphatic rings. The van der Waals surface area contributed by atoms with E-state index in [1.165, 1.54) is 17.7 Å². The van der Waals surface area contributed by atoms with Crippen LogP contribution in [0.1, 0.15) is 23.1 Å². The third-order valence-electron chi connectivity index (χ3n) is 4.65. The van der Waals surface area contributed by atoms with Crippen LogP contribution in [0.2, 0.25) is 5.02 Å². The molecule has 0 spiro atoms. The first-order valence-corrected chi connectivity index (χ1v) is 11.3. The Labute approximate surface area is 182 Å². The van der Waals surface area contributed by atoms with Crippen molar-refractivity contribution in [3.05, 3.63) is 88.4 Å². The Bertz CT molecular complexity index is 1140. The monoisotopic (exact) mass is 442 g/mol. The Morgan fingerprint density at radius 2 is 1.60 bits per heavy atom. The predicted octanol–water partition coefficient (Wildman–Crippen LogP) is 5.33. The quantitative estimate of drug-likeness (QED) is 0.519. The van der Waals surface area contributed by atoms with Crippen molar-refractivity contribution >= 4 is 38.9 Å². The van der Waals surface area contributed by atoms with Gasteiger partial charge in [0.2, 0.25) is 5.91 Å². The van der Waals surface area contributed by atoms with Crippen molar-refractivity contribution in [1.29, 1.82) is 0 Å². The molecule has 0 aromatic heterocycles. The lowest BCUT2D eigenvalue weighted by Crippen LogP contribution is -2.15. The highest BCUT2D eigenvalue weighted by molar-refractivity contribution is 7.92. The fraction of sp³-hybridized carbons (Fsp3) is 0.174. The van der Waals surface area contributed by atoms with Crippen LogP contribution in [-0.2, 0) is 21.2 Å². The van der Waals surface area contributed by atoms with Gasteiger partial charge in [-0.25, -0.2) is 8.42 Å². The van der Waals surface area contributed by atoms with Crippen LogP contribution >= 0.6 is 11.6 Å². The van der Waals surface area contributed by atoms with E-state index in [1.807, 2.05) is 31.2 Å². The van der Waals surface area contributed by atoms with E-state index >= 15 is 0 Å². The van der Waals surface area contributed by atoms with Crippen LogP contribution in [0.15, 0.2) is 71.6 Å². The molecule has 0 saturated heterocycles. The van der Waals surface area contributed by atoms with Crippen LogP contribution in [0, 0.1) is 13.8 Å². The minimum atomic E-state index is -3.77. The Morgan fingerprint density at radius 3 is 2.27 bits per heavy atom. The molecule has 3 rings (SSSR count). The largest absolute Gasteiger partial charge is 0.326 e. The number of aryl methyl sites for hydroxylation is 3. The first kappa shape index (κ1) is 21.9. The summed E-state index contributed by atoms with van der Waals surface area (Å²) in [5, 5.41) is 3.24. The number of rotatable bonds is 7. The fourth-order valence-corrected chi connectivity index (χ4v) is 4.16. The molecular weight excluding hydrogens is 420 g/mol. The molecule has 0 aliphatic heterocycles. The van der Waals surface area contributed by atoms with Crippen molar-refractivity contribution in [3.63, 3.8) is 0 Å². The average Bonchev–Trinajstić information content (AvgIpc) is 2.70. The van der Waals surface area contributed by atoms with Gasteiger partial charge in [0.15, 0.2) is 0 Å². The second-order valence-corrected chi connectivity index (χ2v) is 9.24. The minimum Gasteiger partial charge on any atom is -0.326 e. The number of amides is 1. The van der Waals surface area contributed by atoms with Gasteiger partial charge >= 0.3 is 0 Å². The lowest BCUT2D eigenvalue weighted by Gasteiger charge is -2.12. The fourth-order valence-electron chi connectivity index (χ4n) is 2.86. The Balaban J connectivity index is 1.61. The summed E-state index contributed by atoms with van der Waals surface area (Å²) in [7, 11) is -3.77. The zero-order chi connectivity index (χ0) is 21.7. The Hall–Kier alpha value is -2.83. The van der Waals surface area contributed by atoms with Gasteiger partial charge in [-0.2, -0.15) is 0 Å². The summed E-state index contributed by atoms with van der Waals surface area (Å²) in [6.07, 6.45) is 0.986. The maximum absolute atomic E-state index is 12.6. The molecule has 5 nitrogen and oxygen atoms in total. The van der Waals surface area contributed by atoms with Crippen molar-refractivity contribution < 1.29 is 13.2 Å². The topological polar surface area (TPSA) is 75.3 Å². The summed E-state index contributed by atoms with van der Waals surface area (Å²) in [5.74, 6) is -0.126. The number of sulfonamides is 1. The van der Waals surface area contributed by atoms with Gasteiger partial charge in [-0.05, 0) is 67.8 Å². The molecule has 30 heavy (non-hydrogen) atoms. The molecule has 0 atom stereocenters. The number of anilines is 2. The first-order valence-electron chi connectivity index (χ1n) is 9.47. The van der Waals surface area contributed by atoms with Crippen LogP contribution in [0.5, 0.6) is 0 Å². The van der Waals surface area contributed by atoms with Crippen LogP contribution in [0.25, 0.3) is 0 Å². The number of carbonyl (C=O) groups is 1. The van der Waals surface area contributed by atoms with Crippen LogP contribution < -0.4 is 10.0 Å². The highest BCUT2D eigenvalue weighted by Crippen LogP contribution is 2.24. The molecule has 0 aliphatic carbocycles. The normalized spacial score (nSPS) is 11.2. The minimum absolute atomic E-state index is 0.0968. The van der Waals surface area contributed by atoms with Crippen molar-refractivity contribution in [3.8, 4) is 0 Å². The number of nitrogens with one attached hydrogen (secondary N) is 2. The Morgan fingerprint density at radius 1 is 0.933 bits per heavy atom. The summed E-state index contributed by atoms with van der Waals surface area (Å²) in [5.41, 5.74) is 4.01.